The fourth-order valence-corrected chi connectivity index (χ4v) is 5.20. The van der Waals surface area contributed by atoms with Gasteiger partial charge in [-0.1, -0.05) is 52.5 Å². The fraction of sp³-hybridized carbons (Fsp3) is 0.436. The number of hydrogen-bond donors (Lipinski definition) is 3. The Hall–Kier alpha value is -3.84. The number of allylic oxidation sites excluding steroid dienone is 1. The molecule has 0 bridgehead atoms. The maximum absolute atomic E-state index is 14.2. The third-order valence-electron chi connectivity index (χ3n) is 7.92. The zero-order chi connectivity index (χ0) is 34.4. The highest BCUT2D eigenvalue weighted by Gasteiger charge is 2.26. The summed E-state index contributed by atoms with van der Waals surface area (Å²) in [5.41, 5.74) is 8.81. The summed E-state index contributed by atoms with van der Waals surface area (Å²) < 4.78 is 28.4. The van der Waals surface area contributed by atoms with Crippen LogP contribution in [0.25, 0.3) is 11.3 Å². The first-order valence-corrected chi connectivity index (χ1v) is 16.4. The predicted molar refractivity (Wildman–Crippen MR) is 196 cm³/mol. The van der Waals surface area contributed by atoms with Gasteiger partial charge >= 0.3 is 0 Å². The van der Waals surface area contributed by atoms with E-state index in [1.807, 2.05) is 26.2 Å². The van der Waals surface area contributed by atoms with Crippen molar-refractivity contribution in [3.8, 4) is 0 Å². The summed E-state index contributed by atoms with van der Waals surface area (Å²) in [4.78, 5) is 6.55. The Labute approximate surface area is 276 Å². The van der Waals surface area contributed by atoms with Gasteiger partial charge in [0.2, 0.25) is 0 Å². The molecule has 1 heterocycles. The van der Waals surface area contributed by atoms with Crippen molar-refractivity contribution in [1.29, 1.82) is 5.41 Å². The van der Waals surface area contributed by atoms with Gasteiger partial charge in [-0.2, -0.15) is 0 Å². The van der Waals surface area contributed by atoms with Gasteiger partial charge in [0.25, 0.3) is 5.92 Å². The number of nitrogens with one attached hydrogen (secondary N) is 3. The predicted octanol–water partition coefficient (Wildman–Crippen LogP) is 10.4. The zero-order valence-electron chi connectivity index (χ0n) is 29.3. The van der Waals surface area contributed by atoms with Gasteiger partial charge in [0.05, 0.1) is 0 Å². The monoisotopic (exact) mass is 631 g/mol. The van der Waals surface area contributed by atoms with E-state index < -0.39 is 5.92 Å². The summed E-state index contributed by atoms with van der Waals surface area (Å²) in [5, 5.41) is 14.8. The number of hydrogen-bond acceptors (Lipinski definition) is 5. The van der Waals surface area contributed by atoms with Crippen LogP contribution in [0.1, 0.15) is 99.2 Å². The third kappa shape index (κ3) is 11.8. The van der Waals surface area contributed by atoms with E-state index in [1.54, 1.807) is 6.07 Å². The summed E-state index contributed by atoms with van der Waals surface area (Å²) in [6, 6.07) is 13.0. The lowest BCUT2D eigenvalue weighted by molar-refractivity contribution is 0.0175. The molecule has 0 atom stereocenters. The van der Waals surface area contributed by atoms with E-state index in [1.165, 1.54) is 28.8 Å². The molecule has 7 heteroatoms. The molecule has 3 aromatic rings. The van der Waals surface area contributed by atoms with Crippen molar-refractivity contribution in [2.75, 3.05) is 37.8 Å². The van der Waals surface area contributed by atoms with Crippen molar-refractivity contribution < 1.29 is 8.78 Å². The van der Waals surface area contributed by atoms with E-state index in [4.69, 9.17) is 5.41 Å². The second-order valence-electron chi connectivity index (χ2n) is 12.2. The van der Waals surface area contributed by atoms with E-state index in [-0.39, 0.29) is 5.56 Å². The van der Waals surface area contributed by atoms with Crippen LogP contribution in [0.4, 0.5) is 20.3 Å². The number of pyridine rings is 1. The van der Waals surface area contributed by atoms with Crippen molar-refractivity contribution >= 4 is 28.5 Å². The Morgan fingerprint density at radius 1 is 1.00 bits per heavy atom. The number of aromatic nitrogens is 1. The maximum Gasteiger partial charge on any atom is 0.270 e. The first-order valence-electron chi connectivity index (χ1n) is 16.4. The number of rotatable bonds is 16. The molecule has 0 unspecified atom stereocenters. The van der Waals surface area contributed by atoms with Crippen LogP contribution in [0.5, 0.6) is 0 Å². The molecule has 0 saturated carbocycles. The highest BCUT2D eigenvalue weighted by Crippen LogP contribution is 2.32. The van der Waals surface area contributed by atoms with Gasteiger partial charge in [-0.15, -0.1) is 0 Å². The standard InChI is InChI=1S/C28H39F2N3.C11H16N2/c1-7-10-22-12-13-23(16-20(22)3)21(4)32-26-18-24(17-25(19-26)28(5,29)30)27(31)11-9-15-33(6)14-8-2;1-5-9-6-10(8(2)3)11(12-4)13-7-9/h12-13,16-19,31-32H,4,7-11,14-15H2,1-3,5-6H3;6-7H,2,5H2,1,3-4H3,(H,12,13). The topological polar surface area (TPSA) is 64.0 Å². The molecule has 3 N–H and O–H groups in total. The summed E-state index contributed by atoms with van der Waals surface area (Å²) in [6.45, 7) is 21.3. The van der Waals surface area contributed by atoms with Crippen LogP contribution < -0.4 is 10.6 Å². The average Bonchev–Trinajstić information content (AvgIpc) is 3.01. The molecule has 0 spiro atoms. The fourth-order valence-electron chi connectivity index (χ4n) is 5.20. The van der Waals surface area contributed by atoms with Crippen LogP contribution in [-0.2, 0) is 18.8 Å². The van der Waals surface area contributed by atoms with Crippen LogP contribution >= 0.6 is 0 Å². The van der Waals surface area contributed by atoms with Crippen molar-refractivity contribution in [2.45, 2.75) is 86.0 Å². The minimum absolute atomic E-state index is 0.0994. The minimum atomic E-state index is -2.99. The number of aryl methyl sites for hydroxylation is 3. The highest BCUT2D eigenvalue weighted by atomic mass is 19.3. The Kier molecular flexibility index (Phi) is 15.3. The molecule has 3 rings (SSSR count). The Bertz CT molecular complexity index is 1470. The molecule has 0 amide bonds. The number of alkyl halides is 2. The first kappa shape index (κ1) is 38.3. The largest absolute Gasteiger partial charge is 0.373 e. The van der Waals surface area contributed by atoms with Gasteiger partial charge in [-0.25, -0.2) is 13.8 Å². The zero-order valence-corrected chi connectivity index (χ0v) is 29.3. The van der Waals surface area contributed by atoms with E-state index in [2.05, 4.69) is 86.6 Å². The summed E-state index contributed by atoms with van der Waals surface area (Å²) in [5.74, 6) is -2.09. The van der Waals surface area contributed by atoms with Gasteiger partial charge in [0, 0.05) is 48.4 Å². The Balaban J connectivity index is 0.000000471. The summed E-state index contributed by atoms with van der Waals surface area (Å²) in [7, 11) is 3.94. The molecule has 2 aromatic carbocycles. The van der Waals surface area contributed by atoms with Crippen LogP contribution in [0.15, 0.2) is 61.8 Å². The van der Waals surface area contributed by atoms with E-state index in [9.17, 15) is 8.78 Å². The summed E-state index contributed by atoms with van der Waals surface area (Å²) in [6.07, 6.45) is 7.48. The van der Waals surface area contributed by atoms with Gasteiger partial charge in [0.15, 0.2) is 0 Å². The SMILES string of the molecule is C=C(C)c1cc(CC)cnc1NC.C=C(Nc1cc(C(=N)CCCN(C)CCC)cc(C(C)(F)F)c1)c1ccc(CCC)c(C)c1. The van der Waals surface area contributed by atoms with Crippen LogP contribution in [-0.4, -0.2) is 42.8 Å². The average molecular weight is 632 g/mol. The number of nitrogens with zero attached hydrogens (tertiary/aromatic N) is 2. The number of anilines is 2. The maximum atomic E-state index is 14.2. The first-order chi connectivity index (χ1) is 21.7. The minimum Gasteiger partial charge on any atom is -0.373 e. The molecular weight excluding hydrogens is 576 g/mol. The van der Waals surface area contributed by atoms with E-state index in [0.717, 1.165) is 74.6 Å². The van der Waals surface area contributed by atoms with Crippen molar-refractivity contribution in [3.05, 3.63) is 101 Å². The van der Waals surface area contributed by atoms with Crippen molar-refractivity contribution in [1.82, 2.24) is 9.88 Å². The lowest BCUT2D eigenvalue weighted by atomic mass is 9.98. The van der Waals surface area contributed by atoms with E-state index in [0.29, 0.717) is 29.1 Å². The summed E-state index contributed by atoms with van der Waals surface area (Å²) >= 11 is 0. The van der Waals surface area contributed by atoms with Crippen LogP contribution in [0, 0.1) is 12.3 Å². The molecule has 0 aliphatic carbocycles. The third-order valence-corrected chi connectivity index (χ3v) is 7.92. The van der Waals surface area contributed by atoms with Crippen LogP contribution in [0.2, 0.25) is 0 Å². The molecule has 0 aliphatic rings. The molecule has 5 nitrogen and oxygen atoms in total. The number of halogens is 2. The second-order valence-corrected chi connectivity index (χ2v) is 12.2. The van der Waals surface area contributed by atoms with Crippen molar-refractivity contribution in [3.63, 3.8) is 0 Å². The Morgan fingerprint density at radius 3 is 2.28 bits per heavy atom. The Morgan fingerprint density at radius 2 is 1.72 bits per heavy atom. The van der Waals surface area contributed by atoms with Crippen LogP contribution in [0.3, 0.4) is 0 Å². The molecule has 1 aromatic heterocycles. The van der Waals surface area contributed by atoms with E-state index >= 15 is 0 Å². The quantitative estimate of drug-likeness (QED) is 0.138. The van der Waals surface area contributed by atoms with Gasteiger partial charge in [0.1, 0.15) is 5.82 Å². The van der Waals surface area contributed by atoms with Gasteiger partial charge < -0.3 is 20.9 Å². The normalized spacial score (nSPS) is 11.1. The lowest BCUT2D eigenvalue weighted by Gasteiger charge is -2.18. The molecule has 46 heavy (non-hydrogen) atoms. The molecule has 250 valence electrons. The second kappa shape index (κ2) is 18.3. The molecule has 0 saturated heterocycles. The highest BCUT2D eigenvalue weighted by molar-refractivity contribution is 5.99. The van der Waals surface area contributed by atoms with Gasteiger partial charge in [-0.05, 0) is 130 Å². The molecule has 0 fully saturated rings. The molecule has 0 radical (unpaired) electrons. The molecular formula is C39H55F2N5. The lowest BCUT2D eigenvalue weighted by Crippen LogP contribution is -2.21. The molecule has 0 aliphatic heterocycles. The van der Waals surface area contributed by atoms with Gasteiger partial charge in [-0.3, -0.25) is 0 Å². The number of benzene rings is 2. The smallest absolute Gasteiger partial charge is 0.270 e. The van der Waals surface area contributed by atoms with Crippen molar-refractivity contribution in [2.24, 2.45) is 0 Å².